The lowest BCUT2D eigenvalue weighted by molar-refractivity contribution is -0.128. The summed E-state index contributed by atoms with van der Waals surface area (Å²) in [5, 5.41) is 4.32. The summed E-state index contributed by atoms with van der Waals surface area (Å²) in [5.74, 6) is 0.229. The van der Waals surface area contributed by atoms with Gasteiger partial charge in [-0.05, 0) is 24.8 Å². The molecule has 0 aromatic carbocycles. The number of rotatable bonds is 5. The van der Waals surface area contributed by atoms with Crippen LogP contribution < -0.4 is 0 Å². The maximum absolute atomic E-state index is 12.2. The van der Waals surface area contributed by atoms with Gasteiger partial charge in [-0.25, -0.2) is 4.79 Å². The molecular formula is C16H23N3O3. The average Bonchev–Trinajstić information content (AvgIpc) is 3.13. The molecule has 0 bridgehead atoms. The maximum atomic E-state index is 12.2. The van der Waals surface area contributed by atoms with E-state index >= 15 is 0 Å². The van der Waals surface area contributed by atoms with Crippen molar-refractivity contribution in [2.75, 3.05) is 13.2 Å². The molecule has 1 aliphatic carbocycles. The Hall–Kier alpha value is -1.85. The van der Waals surface area contributed by atoms with E-state index in [1.807, 2.05) is 18.7 Å². The Morgan fingerprint density at radius 2 is 2.18 bits per heavy atom. The maximum Gasteiger partial charge on any atom is 0.356 e. The Morgan fingerprint density at radius 3 is 2.77 bits per heavy atom. The van der Waals surface area contributed by atoms with E-state index in [9.17, 15) is 9.59 Å². The van der Waals surface area contributed by atoms with Gasteiger partial charge < -0.3 is 9.64 Å². The Kier molecular flexibility index (Phi) is 3.93. The monoisotopic (exact) mass is 305 g/mol. The topological polar surface area (TPSA) is 64.4 Å². The number of esters is 1. The summed E-state index contributed by atoms with van der Waals surface area (Å²) < 4.78 is 6.97. The molecule has 1 aromatic rings. The van der Waals surface area contributed by atoms with Crippen molar-refractivity contribution in [1.29, 1.82) is 0 Å². The highest BCUT2D eigenvalue weighted by atomic mass is 16.5. The number of carbonyl (C=O) groups is 2. The van der Waals surface area contributed by atoms with Crippen LogP contribution in [0.5, 0.6) is 0 Å². The smallest absolute Gasteiger partial charge is 0.356 e. The van der Waals surface area contributed by atoms with Crippen molar-refractivity contribution in [2.45, 2.75) is 45.1 Å². The zero-order chi connectivity index (χ0) is 15.9. The fraction of sp³-hybridized carbons (Fsp3) is 0.688. The van der Waals surface area contributed by atoms with Gasteiger partial charge in [0.1, 0.15) is 5.69 Å². The molecular weight excluding hydrogens is 282 g/mol. The van der Waals surface area contributed by atoms with Crippen molar-refractivity contribution in [3.63, 3.8) is 0 Å². The minimum Gasteiger partial charge on any atom is -0.461 e. The number of likely N-dealkylation sites (tertiary alicyclic amines) is 1. The first-order valence-corrected chi connectivity index (χ1v) is 7.96. The molecule has 1 aromatic heterocycles. The SMILES string of the molecule is CC(C)c1cc(C(=O)OCC2CC(=O)N(C3CC3)C2)n(C)n1. The van der Waals surface area contributed by atoms with Crippen molar-refractivity contribution in [3.8, 4) is 0 Å². The third kappa shape index (κ3) is 3.00. The van der Waals surface area contributed by atoms with Crippen LogP contribution >= 0.6 is 0 Å². The summed E-state index contributed by atoms with van der Waals surface area (Å²) in [6.45, 7) is 5.09. The molecule has 2 aliphatic rings. The lowest BCUT2D eigenvalue weighted by Crippen LogP contribution is -2.28. The van der Waals surface area contributed by atoms with Crippen LogP contribution in [-0.2, 0) is 16.6 Å². The first kappa shape index (κ1) is 15.1. The molecule has 0 radical (unpaired) electrons. The fourth-order valence-corrected chi connectivity index (χ4v) is 2.89. The summed E-state index contributed by atoms with van der Waals surface area (Å²) >= 11 is 0. The summed E-state index contributed by atoms with van der Waals surface area (Å²) in [4.78, 5) is 26.0. The minimum atomic E-state index is -0.362. The van der Waals surface area contributed by atoms with Crippen molar-refractivity contribution in [1.82, 2.24) is 14.7 Å². The Bertz CT molecular complexity index is 589. The molecule has 6 heteroatoms. The van der Waals surface area contributed by atoms with Crippen molar-refractivity contribution in [3.05, 3.63) is 17.5 Å². The molecule has 1 atom stereocenters. The first-order valence-electron chi connectivity index (χ1n) is 7.96. The van der Waals surface area contributed by atoms with Gasteiger partial charge in [0, 0.05) is 32.0 Å². The number of aryl methyl sites for hydroxylation is 1. The molecule has 1 aliphatic heterocycles. The Morgan fingerprint density at radius 1 is 1.45 bits per heavy atom. The molecule has 0 spiro atoms. The predicted molar refractivity (Wildman–Crippen MR) is 80.4 cm³/mol. The largest absolute Gasteiger partial charge is 0.461 e. The number of nitrogens with zero attached hydrogens (tertiary/aromatic N) is 3. The number of hydrogen-bond donors (Lipinski definition) is 0. The van der Waals surface area contributed by atoms with E-state index in [0.29, 0.717) is 24.8 Å². The average molecular weight is 305 g/mol. The highest BCUT2D eigenvalue weighted by molar-refractivity contribution is 5.87. The second-order valence-corrected chi connectivity index (χ2v) is 6.68. The van der Waals surface area contributed by atoms with Gasteiger partial charge in [-0.2, -0.15) is 5.10 Å². The molecule has 6 nitrogen and oxygen atoms in total. The van der Waals surface area contributed by atoms with Crippen LogP contribution in [0.25, 0.3) is 0 Å². The normalized spacial score (nSPS) is 21.7. The third-order valence-corrected chi connectivity index (χ3v) is 4.38. The lowest BCUT2D eigenvalue weighted by Gasteiger charge is -2.15. The van der Waals surface area contributed by atoms with Crippen LogP contribution in [0, 0.1) is 5.92 Å². The van der Waals surface area contributed by atoms with Gasteiger partial charge in [0.2, 0.25) is 5.91 Å². The molecule has 2 fully saturated rings. The van der Waals surface area contributed by atoms with Crippen LogP contribution in [0.4, 0.5) is 0 Å². The minimum absolute atomic E-state index is 0.120. The van der Waals surface area contributed by atoms with E-state index in [1.54, 1.807) is 17.8 Å². The van der Waals surface area contributed by atoms with Gasteiger partial charge in [-0.1, -0.05) is 13.8 Å². The molecule has 1 unspecified atom stereocenters. The van der Waals surface area contributed by atoms with E-state index in [1.165, 1.54) is 0 Å². The number of amides is 1. The van der Waals surface area contributed by atoms with E-state index < -0.39 is 0 Å². The van der Waals surface area contributed by atoms with Crippen LogP contribution in [0.2, 0.25) is 0 Å². The van der Waals surface area contributed by atoms with Crippen molar-refractivity contribution >= 4 is 11.9 Å². The fourth-order valence-electron chi connectivity index (χ4n) is 2.89. The zero-order valence-electron chi connectivity index (χ0n) is 13.4. The van der Waals surface area contributed by atoms with Crippen LogP contribution in [-0.4, -0.2) is 45.8 Å². The quantitative estimate of drug-likeness (QED) is 0.777. The van der Waals surface area contributed by atoms with Gasteiger partial charge in [-0.3, -0.25) is 9.48 Å². The zero-order valence-corrected chi connectivity index (χ0v) is 13.4. The van der Waals surface area contributed by atoms with Gasteiger partial charge in [0.05, 0.1) is 12.3 Å². The van der Waals surface area contributed by atoms with Crippen molar-refractivity contribution < 1.29 is 14.3 Å². The first-order chi connectivity index (χ1) is 10.5. The van der Waals surface area contributed by atoms with Crippen LogP contribution in [0.1, 0.15) is 55.2 Å². The molecule has 120 valence electrons. The molecule has 0 N–H and O–H groups in total. The molecule has 1 amide bonds. The predicted octanol–water partition coefficient (Wildman–Crippen LogP) is 1.71. The standard InChI is InChI=1S/C16H23N3O3/c1-10(2)13-7-14(18(3)17-13)16(21)22-9-11-6-15(20)19(8-11)12-4-5-12/h7,10-12H,4-6,8-9H2,1-3H3. The van der Waals surface area contributed by atoms with E-state index in [4.69, 9.17) is 4.74 Å². The molecule has 3 rings (SSSR count). The summed E-state index contributed by atoms with van der Waals surface area (Å²) in [7, 11) is 1.75. The van der Waals surface area contributed by atoms with Gasteiger partial charge >= 0.3 is 5.97 Å². The van der Waals surface area contributed by atoms with Crippen LogP contribution in [0.15, 0.2) is 6.07 Å². The van der Waals surface area contributed by atoms with Gasteiger partial charge in [-0.15, -0.1) is 0 Å². The highest BCUT2D eigenvalue weighted by Gasteiger charge is 2.39. The Labute approximate surface area is 130 Å². The molecule has 1 saturated carbocycles. The molecule has 1 saturated heterocycles. The summed E-state index contributed by atoms with van der Waals surface area (Å²) in [6.07, 6.45) is 2.73. The summed E-state index contributed by atoms with van der Waals surface area (Å²) in [6, 6.07) is 2.22. The van der Waals surface area contributed by atoms with Crippen molar-refractivity contribution in [2.24, 2.45) is 13.0 Å². The van der Waals surface area contributed by atoms with E-state index in [-0.39, 0.29) is 23.7 Å². The third-order valence-electron chi connectivity index (χ3n) is 4.38. The van der Waals surface area contributed by atoms with Gasteiger partial charge in [0.25, 0.3) is 0 Å². The highest BCUT2D eigenvalue weighted by Crippen LogP contribution is 2.32. The second kappa shape index (κ2) is 5.74. The van der Waals surface area contributed by atoms with Gasteiger partial charge in [0.15, 0.2) is 0 Å². The Balaban J connectivity index is 1.55. The number of carbonyl (C=O) groups excluding carboxylic acids is 2. The number of ether oxygens (including phenoxy) is 1. The number of hydrogen-bond acceptors (Lipinski definition) is 4. The summed E-state index contributed by atoms with van der Waals surface area (Å²) in [5.41, 5.74) is 1.34. The molecule has 22 heavy (non-hydrogen) atoms. The number of aromatic nitrogens is 2. The van der Waals surface area contributed by atoms with Crippen LogP contribution in [0.3, 0.4) is 0 Å². The second-order valence-electron chi connectivity index (χ2n) is 6.68. The van der Waals surface area contributed by atoms with E-state index in [2.05, 4.69) is 5.10 Å². The van der Waals surface area contributed by atoms with E-state index in [0.717, 1.165) is 25.1 Å². The molecule has 2 heterocycles. The lowest BCUT2D eigenvalue weighted by atomic mass is 10.1.